The highest BCUT2D eigenvalue weighted by molar-refractivity contribution is 5.77. The van der Waals surface area contributed by atoms with Crippen LogP contribution < -0.4 is 5.56 Å². The van der Waals surface area contributed by atoms with Gasteiger partial charge in [0.2, 0.25) is 0 Å². The lowest BCUT2D eigenvalue weighted by Gasteiger charge is -2.08. The Kier molecular flexibility index (Phi) is 5.99. The minimum absolute atomic E-state index is 0.0629. The molecule has 7 nitrogen and oxygen atoms in total. The average Bonchev–Trinajstić information content (AvgIpc) is 3.33. The van der Waals surface area contributed by atoms with E-state index < -0.39 is 5.97 Å². The van der Waals surface area contributed by atoms with Crippen LogP contribution in [0.3, 0.4) is 0 Å². The number of para-hydroxylation sites is 2. The van der Waals surface area contributed by atoms with Crippen LogP contribution in [-0.2, 0) is 22.7 Å². The molecule has 0 aliphatic heterocycles. The van der Waals surface area contributed by atoms with E-state index in [9.17, 15) is 9.59 Å². The van der Waals surface area contributed by atoms with Crippen molar-refractivity contribution in [1.82, 2.24) is 19.3 Å². The summed E-state index contributed by atoms with van der Waals surface area (Å²) in [5.41, 5.74) is 3.88. The molecule has 0 radical (unpaired) electrons. The zero-order chi connectivity index (χ0) is 23.3. The van der Waals surface area contributed by atoms with Crippen LogP contribution in [0.5, 0.6) is 0 Å². The van der Waals surface area contributed by atoms with E-state index in [1.54, 1.807) is 22.9 Å². The number of carbonyl (C=O) groups is 1. The Labute approximate surface area is 195 Å². The van der Waals surface area contributed by atoms with Crippen LogP contribution in [-0.4, -0.2) is 25.3 Å². The van der Waals surface area contributed by atoms with Crippen LogP contribution in [0.15, 0.2) is 102 Å². The number of aromatic nitrogens is 4. The second kappa shape index (κ2) is 9.54. The Balaban J connectivity index is 1.31. The number of hydrogen-bond acceptors (Lipinski definition) is 5. The van der Waals surface area contributed by atoms with E-state index in [1.165, 1.54) is 10.9 Å². The van der Waals surface area contributed by atoms with Gasteiger partial charge in [0, 0.05) is 23.9 Å². The summed E-state index contributed by atoms with van der Waals surface area (Å²) in [5, 5.41) is 5.26. The van der Waals surface area contributed by atoms with E-state index in [1.807, 2.05) is 72.9 Å². The van der Waals surface area contributed by atoms with Gasteiger partial charge in [-0.3, -0.25) is 14.2 Å². The number of rotatable bonds is 7. The molecule has 2 aromatic heterocycles. The molecule has 2 heterocycles. The first-order valence-corrected chi connectivity index (χ1v) is 11.0. The highest BCUT2D eigenvalue weighted by Crippen LogP contribution is 2.24. The molecule has 5 aromatic rings. The first-order valence-electron chi connectivity index (χ1n) is 11.0. The van der Waals surface area contributed by atoms with Gasteiger partial charge in [0.25, 0.3) is 5.56 Å². The monoisotopic (exact) mass is 450 g/mol. The molecular formula is C27H22N4O3. The van der Waals surface area contributed by atoms with Crippen LogP contribution in [0.1, 0.15) is 12.0 Å². The van der Waals surface area contributed by atoms with Gasteiger partial charge in [-0.1, -0.05) is 60.7 Å². The molecular weight excluding hydrogens is 428 g/mol. The number of aryl methyl sites for hydroxylation is 1. The minimum atomic E-state index is -0.397. The van der Waals surface area contributed by atoms with Crippen LogP contribution in [0.25, 0.3) is 27.8 Å². The van der Waals surface area contributed by atoms with E-state index in [2.05, 4.69) is 4.98 Å². The minimum Gasteiger partial charge on any atom is -0.461 e. The van der Waals surface area contributed by atoms with Gasteiger partial charge in [-0.2, -0.15) is 5.10 Å². The molecule has 0 amide bonds. The average molecular weight is 450 g/mol. The van der Waals surface area contributed by atoms with Crippen molar-refractivity contribution in [3.63, 3.8) is 0 Å². The third-order valence-corrected chi connectivity index (χ3v) is 5.53. The van der Waals surface area contributed by atoms with Crippen LogP contribution in [0, 0.1) is 0 Å². The standard InChI is InChI=1S/C27H22N4O3/c32-25(15-16-30-19-28-24-14-8-7-13-23(24)27(30)33)34-18-21-17-31(22-11-5-2-6-12-22)29-26(21)20-9-3-1-4-10-20/h1-14,17,19H,15-16,18H2. The number of carbonyl (C=O) groups excluding carboxylic acids is 1. The van der Waals surface area contributed by atoms with E-state index in [-0.39, 0.29) is 25.1 Å². The number of benzene rings is 3. The Morgan fingerprint density at radius 1 is 0.882 bits per heavy atom. The van der Waals surface area contributed by atoms with Gasteiger partial charge in [0.05, 0.1) is 35.0 Å². The normalized spacial score (nSPS) is 10.9. The van der Waals surface area contributed by atoms with E-state index in [0.717, 1.165) is 22.5 Å². The molecule has 5 rings (SSSR count). The molecule has 3 aromatic carbocycles. The second-order valence-corrected chi connectivity index (χ2v) is 7.82. The first kappa shape index (κ1) is 21.3. The Hall–Kier alpha value is -4.52. The van der Waals surface area contributed by atoms with Gasteiger partial charge in [-0.25, -0.2) is 9.67 Å². The predicted octanol–water partition coefficient (Wildman–Crippen LogP) is 4.38. The van der Waals surface area contributed by atoms with Crippen LogP contribution in [0.2, 0.25) is 0 Å². The van der Waals surface area contributed by atoms with Gasteiger partial charge in [0.15, 0.2) is 0 Å². The molecule has 0 atom stereocenters. The molecule has 7 heteroatoms. The maximum atomic E-state index is 12.6. The molecule has 0 saturated carbocycles. The number of fused-ring (bicyclic) bond motifs is 1. The van der Waals surface area contributed by atoms with E-state index >= 15 is 0 Å². The van der Waals surface area contributed by atoms with Crippen molar-refractivity contribution >= 4 is 16.9 Å². The van der Waals surface area contributed by atoms with Crippen molar-refractivity contribution in [1.29, 1.82) is 0 Å². The Bertz CT molecular complexity index is 1490. The van der Waals surface area contributed by atoms with Crippen molar-refractivity contribution in [2.24, 2.45) is 0 Å². The fraction of sp³-hybridized carbons (Fsp3) is 0.111. The topological polar surface area (TPSA) is 79.0 Å². The fourth-order valence-electron chi connectivity index (χ4n) is 3.77. The third kappa shape index (κ3) is 4.49. The molecule has 168 valence electrons. The highest BCUT2D eigenvalue weighted by atomic mass is 16.5. The number of hydrogen-bond donors (Lipinski definition) is 0. The SMILES string of the molecule is O=C(CCn1cnc2ccccc2c1=O)OCc1cn(-c2ccccc2)nc1-c1ccccc1. The van der Waals surface area contributed by atoms with Crippen molar-refractivity contribution in [2.45, 2.75) is 19.6 Å². The van der Waals surface area contributed by atoms with Gasteiger partial charge >= 0.3 is 5.97 Å². The summed E-state index contributed by atoms with van der Waals surface area (Å²) in [5.74, 6) is -0.397. The highest BCUT2D eigenvalue weighted by Gasteiger charge is 2.15. The van der Waals surface area contributed by atoms with E-state index in [4.69, 9.17) is 9.84 Å². The number of ether oxygens (including phenoxy) is 1. The lowest BCUT2D eigenvalue weighted by Crippen LogP contribution is -2.22. The summed E-state index contributed by atoms with van der Waals surface area (Å²) in [6.45, 7) is 0.283. The fourth-order valence-corrected chi connectivity index (χ4v) is 3.77. The zero-order valence-electron chi connectivity index (χ0n) is 18.4. The molecule has 0 saturated heterocycles. The second-order valence-electron chi connectivity index (χ2n) is 7.82. The first-order chi connectivity index (χ1) is 16.7. The number of esters is 1. The molecule has 0 aliphatic carbocycles. The summed E-state index contributed by atoms with van der Waals surface area (Å²) in [6.07, 6.45) is 3.41. The van der Waals surface area contributed by atoms with Gasteiger partial charge in [0.1, 0.15) is 6.61 Å². The predicted molar refractivity (Wildman–Crippen MR) is 129 cm³/mol. The summed E-state index contributed by atoms with van der Waals surface area (Å²) < 4.78 is 8.78. The molecule has 0 fully saturated rings. The Morgan fingerprint density at radius 2 is 1.59 bits per heavy atom. The number of nitrogens with zero attached hydrogens (tertiary/aromatic N) is 4. The van der Waals surface area contributed by atoms with Gasteiger partial charge in [-0.05, 0) is 24.3 Å². The maximum absolute atomic E-state index is 12.6. The lowest BCUT2D eigenvalue weighted by atomic mass is 10.1. The largest absolute Gasteiger partial charge is 0.461 e. The maximum Gasteiger partial charge on any atom is 0.307 e. The molecule has 0 bridgehead atoms. The van der Waals surface area contributed by atoms with Gasteiger partial charge in [-0.15, -0.1) is 0 Å². The summed E-state index contributed by atoms with van der Waals surface area (Å²) in [6, 6.07) is 26.7. The van der Waals surface area contributed by atoms with Crippen molar-refractivity contribution in [3.05, 3.63) is 113 Å². The molecule has 0 aliphatic rings. The quantitative estimate of drug-likeness (QED) is 0.344. The molecule has 0 spiro atoms. The van der Waals surface area contributed by atoms with Crippen molar-refractivity contribution < 1.29 is 9.53 Å². The Morgan fingerprint density at radius 3 is 2.38 bits per heavy atom. The molecule has 34 heavy (non-hydrogen) atoms. The summed E-state index contributed by atoms with van der Waals surface area (Å²) in [7, 11) is 0. The van der Waals surface area contributed by atoms with E-state index in [0.29, 0.717) is 10.9 Å². The van der Waals surface area contributed by atoms with Crippen molar-refractivity contribution in [3.8, 4) is 16.9 Å². The molecule has 0 unspecified atom stereocenters. The van der Waals surface area contributed by atoms with Crippen LogP contribution >= 0.6 is 0 Å². The third-order valence-electron chi connectivity index (χ3n) is 5.53. The van der Waals surface area contributed by atoms with Crippen LogP contribution in [0.4, 0.5) is 0 Å². The van der Waals surface area contributed by atoms with Crippen molar-refractivity contribution in [2.75, 3.05) is 0 Å². The van der Waals surface area contributed by atoms with Gasteiger partial charge < -0.3 is 4.74 Å². The smallest absolute Gasteiger partial charge is 0.307 e. The summed E-state index contributed by atoms with van der Waals surface area (Å²) in [4.78, 5) is 29.4. The zero-order valence-corrected chi connectivity index (χ0v) is 18.4. The lowest BCUT2D eigenvalue weighted by molar-refractivity contribution is -0.145. The summed E-state index contributed by atoms with van der Waals surface area (Å²) >= 11 is 0. The molecule has 0 N–H and O–H groups in total.